The van der Waals surface area contributed by atoms with Crippen molar-refractivity contribution in [3.63, 3.8) is 0 Å². The molecule has 2 heteroatoms. The molecule has 3 atom stereocenters. The number of rotatable bonds is 4. The fourth-order valence-electron chi connectivity index (χ4n) is 5.22. The Hall–Kier alpha value is -2.45. The topological polar surface area (TPSA) is 33.1 Å². The molecule has 150 valence electrons. The van der Waals surface area contributed by atoms with Crippen LogP contribution in [0, 0.1) is 11.8 Å². The third-order valence-corrected chi connectivity index (χ3v) is 6.84. The SMILES string of the molecule is CC1CCC(C(C)(C)c2ccccc2)C(O)(c2cccc(-c3ccccc3)n2)C1. The molecule has 3 aromatic rings. The van der Waals surface area contributed by atoms with Crippen molar-refractivity contribution in [2.45, 2.75) is 51.0 Å². The van der Waals surface area contributed by atoms with Crippen molar-refractivity contribution >= 4 is 0 Å². The molecule has 0 saturated heterocycles. The first kappa shape index (κ1) is 19.8. The van der Waals surface area contributed by atoms with E-state index < -0.39 is 5.60 Å². The molecule has 1 N–H and O–H groups in total. The highest BCUT2D eigenvalue weighted by Crippen LogP contribution is 2.52. The van der Waals surface area contributed by atoms with Crippen LogP contribution in [0.25, 0.3) is 11.3 Å². The quantitative estimate of drug-likeness (QED) is 0.567. The summed E-state index contributed by atoms with van der Waals surface area (Å²) in [7, 11) is 0. The first-order valence-corrected chi connectivity index (χ1v) is 10.7. The zero-order chi connectivity index (χ0) is 20.5. The number of hydrogen-bond donors (Lipinski definition) is 1. The second-order valence-corrected chi connectivity index (χ2v) is 9.23. The van der Waals surface area contributed by atoms with Gasteiger partial charge in [0.2, 0.25) is 0 Å². The highest BCUT2D eigenvalue weighted by molar-refractivity contribution is 5.59. The standard InChI is InChI=1S/C27H31NO/c1-20-17-18-24(26(2,3)22-13-8-5-9-14-22)27(29,19-20)25-16-10-15-23(28-25)21-11-6-4-7-12-21/h4-16,20,24,29H,17-19H2,1-3H3. The van der Waals surface area contributed by atoms with Crippen LogP contribution >= 0.6 is 0 Å². The molecule has 1 aliphatic rings. The fraction of sp³-hybridized carbons (Fsp3) is 0.370. The molecule has 1 heterocycles. The van der Waals surface area contributed by atoms with Crippen LogP contribution < -0.4 is 0 Å². The Labute approximate surface area is 174 Å². The monoisotopic (exact) mass is 385 g/mol. The molecular formula is C27H31NO. The average molecular weight is 386 g/mol. The van der Waals surface area contributed by atoms with Gasteiger partial charge in [0, 0.05) is 11.5 Å². The zero-order valence-corrected chi connectivity index (χ0v) is 17.7. The Bertz CT molecular complexity index is 951. The molecule has 2 aromatic carbocycles. The Morgan fingerprint density at radius 1 is 0.862 bits per heavy atom. The maximum absolute atomic E-state index is 12.2. The van der Waals surface area contributed by atoms with Gasteiger partial charge < -0.3 is 5.11 Å². The van der Waals surface area contributed by atoms with Gasteiger partial charge >= 0.3 is 0 Å². The maximum Gasteiger partial charge on any atom is 0.110 e. The molecule has 1 aliphatic carbocycles. The van der Waals surface area contributed by atoms with Crippen molar-refractivity contribution in [1.29, 1.82) is 0 Å². The van der Waals surface area contributed by atoms with Gasteiger partial charge in [0.1, 0.15) is 5.60 Å². The summed E-state index contributed by atoms with van der Waals surface area (Å²) in [6.45, 7) is 6.79. The molecule has 1 aromatic heterocycles. The van der Waals surface area contributed by atoms with E-state index in [4.69, 9.17) is 4.98 Å². The summed E-state index contributed by atoms with van der Waals surface area (Å²) in [4.78, 5) is 4.98. The van der Waals surface area contributed by atoms with Crippen LogP contribution in [0.3, 0.4) is 0 Å². The van der Waals surface area contributed by atoms with Crippen LogP contribution in [0.1, 0.15) is 51.3 Å². The number of benzene rings is 2. The fourth-order valence-corrected chi connectivity index (χ4v) is 5.22. The van der Waals surface area contributed by atoms with Gasteiger partial charge in [-0.3, -0.25) is 0 Å². The summed E-state index contributed by atoms with van der Waals surface area (Å²) in [6.07, 6.45) is 2.89. The van der Waals surface area contributed by atoms with Crippen LogP contribution in [0.15, 0.2) is 78.9 Å². The van der Waals surface area contributed by atoms with Crippen LogP contribution in [0.5, 0.6) is 0 Å². The number of nitrogens with zero attached hydrogens (tertiary/aromatic N) is 1. The molecule has 0 amide bonds. The molecule has 1 fully saturated rings. The van der Waals surface area contributed by atoms with Crippen molar-refractivity contribution in [2.75, 3.05) is 0 Å². The molecule has 2 nitrogen and oxygen atoms in total. The molecule has 0 spiro atoms. The Morgan fingerprint density at radius 3 is 2.21 bits per heavy atom. The summed E-state index contributed by atoms with van der Waals surface area (Å²) >= 11 is 0. The van der Waals surface area contributed by atoms with Gasteiger partial charge in [-0.05, 0) is 41.9 Å². The van der Waals surface area contributed by atoms with E-state index in [9.17, 15) is 5.11 Å². The van der Waals surface area contributed by atoms with Crippen LogP contribution in [0.2, 0.25) is 0 Å². The summed E-state index contributed by atoms with van der Waals surface area (Å²) in [5, 5.41) is 12.2. The summed E-state index contributed by atoms with van der Waals surface area (Å²) < 4.78 is 0. The minimum absolute atomic E-state index is 0.104. The Morgan fingerprint density at radius 2 is 1.52 bits per heavy atom. The summed E-state index contributed by atoms with van der Waals surface area (Å²) in [5.41, 5.74) is 2.99. The largest absolute Gasteiger partial charge is 0.383 e. The van der Waals surface area contributed by atoms with E-state index in [2.05, 4.69) is 63.2 Å². The number of hydrogen-bond acceptors (Lipinski definition) is 2. The van der Waals surface area contributed by atoms with Crippen molar-refractivity contribution in [2.24, 2.45) is 11.8 Å². The van der Waals surface area contributed by atoms with Gasteiger partial charge in [0.25, 0.3) is 0 Å². The van der Waals surface area contributed by atoms with E-state index in [-0.39, 0.29) is 11.3 Å². The lowest BCUT2D eigenvalue weighted by molar-refractivity contribution is -0.0979. The number of aromatic nitrogens is 1. The predicted octanol–water partition coefficient (Wildman–Crippen LogP) is 6.35. The van der Waals surface area contributed by atoms with Crippen LogP contribution in [-0.4, -0.2) is 10.1 Å². The summed E-state index contributed by atoms with van der Waals surface area (Å²) in [5.74, 6) is 0.581. The Balaban J connectivity index is 1.78. The van der Waals surface area contributed by atoms with Crippen molar-refractivity contribution < 1.29 is 5.11 Å². The molecular weight excluding hydrogens is 354 g/mol. The van der Waals surface area contributed by atoms with E-state index in [1.165, 1.54) is 5.56 Å². The number of aliphatic hydroxyl groups is 1. The van der Waals surface area contributed by atoms with E-state index >= 15 is 0 Å². The Kier molecular flexibility index (Phi) is 5.31. The van der Waals surface area contributed by atoms with E-state index in [1.54, 1.807) is 0 Å². The lowest BCUT2D eigenvalue weighted by Crippen LogP contribution is -2.49. The van der Waals surface area contributed by atoms with Crippen molar-refractivity contribution in [3.8, 4) is 11.3 Å². The second-order valence-electron chi connectivity index (χ2n) is 9.23. The van der Waals surface area contributed by atoms with Crippen LogP contribution in [0.4, 0.5) is 0 Å². The minimum atomic E-state index is -0.943. The average Bonchev–Trinajstić information content (AvgIpc) is 2.75. The van der Waals surface area contributed by atoms with E-state index in [0.717, 1.165) is 36.2 Å². The van der Waals surface area contributed by atoms with Gasteiger partial charge in [-0.25, -0.2) is 4.98 Å². The first-order chi connectivity index (χ1) is 13.9. The molecule has 3 unspecified atom stereocenters. The van der Waals surface area contributed by atoms with Crippen molar-refractivity contribution in [1.82, 2.24) is 4.98 Å². The lowest BCUT2D eigenvalue weighted by atomic mass is 9.58. The van der Waals surface area contributed by atoms with Crippen molar-refractivity contribution in [3.05, 3.63) is 90.1 Å². The number of pyridine rings is 1. The molecule has 0 bridgehead atoms. The third kappa shape index (κ3) is 3.74. The molecule has 0 radical (unpaired) electrons. The highest BCUT2D eigenvalue weighted by atomic mass is 16.3. The molecule has 1 saturated carbocycles. The lowest BCUT2D eigenvalue weighted by Gasteiger charge is -2.49. The first-order valence-electron chi connectivity index (χ1n) is 10.7. The molecule has 0 aliphatic heterocycles. The summed E-state index contributed by atoms with van der Waals surface area (Å²) in [6, 6.07) is 26.9. The molecule has 29 heavy (non-hydrogen) atoms. The zero-order valence-electron chi connectivity index (χ0n) is 17.7. The highest BCUT2D eigenvalue weighted by Gasteiger charge is 2.50. The minimum Gasteiger partial charge on any atom is -0.383 e. The van der Waals surface area contributed by atoms with Gasteiger partial charge in [0.05, 0.1) is 11.4 Å². The van der Waals surface area contributed by atoms with E-state index in [0.29, 0.717) is 5.92 Å². The normalized spacial score (nSPS) is 25.0. The second kappa shape index (κ2) is 7.76. The van der Waals surface area contributed by atoms with Gasteiger partial charge in [0.15, 0.2) is 0 Å². The van der Waals surface area contributed by atoms with E-state index in [1.807, 2.05) is 36.4 Å². The predicted molar refractivity (Wildman–Crippen MR) is 120 cm³/mol. The molecule has 4 rings (SSSR count). The smallest absolute Gasteiger partial charge is 0.110 e. The third-order valence-electron chi connectivity index (χ3n) is 6.84. The maximum atomic E-state index is 12.2. The van der Waals surface area contributed by atoms with Crippen LogP contribution in [-0.2, 0) is 11.0 Å². The van der Waals surface area contributed by atoms with Gasteiger partial charge in [-0.15, -0.1) is 0 Å². The van der Waals surface area contributed by atoms with Gasteiger partial charge in [-0.1, -0.05) is 93.9 Å². The van der Waals surface area contributed by atoms with Gasteiger partial charge in [-0.2, -0.15) is 0 Å².